The van der Waals surface area contributed by atoms with Crippen molar-refractivity contribution in [1.29, 1.82) is 0 Å². The molecule has 0 unspecified atom stereocenters. The summed E-state index contributed by atoms with van der Waals surface area (Å²) in [5.41, 5.74) is 0.323. The number of hydrogen-bond acceptors (Lipinski definition) is 4. The fourth-order valence-corrected chi connectivity index (χ4v) is 2.84. The summed E-state index contributed by atoms with van der Waals surface area (Å²) in [6, 6.07) is 6.88. The number of carboxylic acid groups (broad SMARTS) is 1. The van der Waals surface area contributed by atoms with E-state index in [1.165, 1.54) is 0 Å². The van der Waals surface area contributed by atoms with Gasteiger partial charge in [0.1, 0.15) is 5.82 Å². The van der Waals surface area contributed by atoms with Crippen molar-refractivity contribution in [2.75, 3.05) is 0 Å². The highest BCUT2D eigenvalue weighted by molar-refractivity contribution is 5.89. The molecule has 1 aromatic carbocycles. The maximum absolute atomic E-state index is 12.6. The molecular formula is C17H19N3O4. The Morgan fingerprint density at radius 1 is 1.33 bits per heavy atom. The number of H-pyrrole nitrogens is 1. The van der Waals surface area contributed by atoms with Crippen molar-refractivity contribution in [3.05, 3.63) is 40.4 Å². The summed E-state index contributed by atoms with van der Waals surface area (Å²) in [6.45, 7) is 3.86. The Morgan fingerprint density at radius 2 is 2.04 bits per heavy atom. The maximum Gasteiger partial charge on any atom is 0.307 e. The van der Waals surface area contributed by atoms with Crippen molar-refractivity contribution in [3.8, 4) is 0 Å². The molecule has 0 saturated heterocycles. The van der Waals surface area contributed by atoms with E-state index in [0.29, 0.717) is 23.1 Å². The average Bonchev–Trinajstić information content (AvgIpc) is 3.32. The highest BCUT2D eigenvalue weighted by Crippen LogP contribution is 2.40. The number of rotatable bonds is 5. The van der Waals surface area contributed by atoms with Crippen LogP contribution in [0, 0.1) is 11.8 Å². The molecule has 2 aromatic rings. The van der Waals surface area contributed by atoms with Gasteiger partial charge in [0.15, 0.2) is 0 Å². The van der Waals surface area contributed by atoms with Crippen LogP contribution in [-0.4, -0.2) is 37.9 Å². The number of para-hydroxylation sites is 1. The molecule has 2 atom stereocenters. The number of hydrogen-bond donors (Lipinski definition) is 2. The van der Waals surface area contributed by atoms with E-state index in [-0.39, 0.29) is 24.1 Å². The number of carbonyl (C=O) groups excluding carboxylic acids is 1. The lowest BCUT2D eigenvalue weighted by Crippen LogP contribution is -2.39. The molecule has 1 aliphatic rings. The molecule has 1 heterocycles. The molecule has 0 spiro atoms. The molecule has 1 aliphatic carbocycles. The zero-order valence-electron chi connectivity index (χ0n) is 13.5. The van der Waals surface area contributed by atoms with Gasteiger partial charge >= 0.3 is 5.97 Å². The monoisotopic (exact) mass is 329 g/mol. The number of fused-ring (bicyclic) bond motifs is 1. The number of carbonyl (C=O) groups is 2. The van der Waals surface area contributed by atoms with E-state index in [0.717, 1.165) is 0 Å². The normalized spacial score (nSPS) is 19.5. The van der Waals surface area contributed by atoms with Gasteiger partial charge in [-0.25, -0.2) is 4.98 Å². The summed E-state index contributed by atoms with van der Waals surface area (Å²) >= 11 is 0. The van der Waals surface area contributed by atoms with Gasteiger partial charge in [-0.15, -0.1) is 0 Å². The minimum atomic E-state index is -0.936. The first-order chi connectivity index (χ1) is 11.4. The Hall–Kier alpha value is -2.70. The number of nitrogens with zero attached hydrogens (tertiary/aromatic N) is 2. The van der Waals surface area contributed by atoms with Crippen LogP contribution in [0.5, 0.6) is 0 Å². The number of amides is 1. The molecular weight excluding hydrogens is 310 g/mol. The van der Waals surface area contributed by atoms with Crippen LogP contribution in [0.1, 0.15) is 26.1 Å². The molecule has 1 saturated carbocycles. The Bertz CT molecular complexity index is 858. The lowest BCUT2D eigenvalue weighted by atomic mass is 10.2. The topological polar surface area (TPSA) is 103 Å². The molecule has 0 bridgehead atoms. The fraction of sp³-hybridized carbons (Fsp3) is 0.412. The van der Waals surface area contributed by atoms with Crippen molar-refractivity contribution in [2.24, 2.45) is 11.8 Å². The average molecular weight is 329 g/mol. The molecule has 24 heavy (non-hydrogen) atoms. The molecule has 3 rings (SSSR count). The summed E-state index contributed by atoms with van der Waals surface area (Å²) in [6.07, 6.45) is 0.374. The second-order valence-corrected chi connectivity index (χ2v) is 6.38. The van der Waals surface area contributed by atoms with Gasteiger partial charge in [-0.1, -0.05) is 12.1 Å². The highest BCUT2D eigenvalue weighted by Gasteiger charge is 2.50. The van der Waals surface area contributed by atoms with Crippen LogP contribution in [0.25, 0.3) is 10.9 Å². The third-order valence-electron chi connectivity index (χ3n) is 4.31. The third kappa shape index (κ3) is 3.02. The summed E-state index contributed by atoms with van der Waals surface area (Å²) in [7, 11) is 0. The van der Waals surface area contributed by atoms with Crippen LogP contribution in [0.2, 0.25) is 0 Å². The largest absolute Gasteiger partial charge is 0.481 e. The Kier molecular flexibility index (Phi) is 4.09. The molecule has 126 valence electrons. The summed E-state index contributed by atoms with van der Waals surface area (Å²) in [4.78, 5) is 44.4. The minimum absolute atomic E-state index is 0.121. The van der Waals surface area contributed by atoms with Gasteiger partial charge in [0.05, 0.1) is 29.3 Å². The lowest BCUT2D eigenvalue weighted by Gasteiger charge is -2.26. The van der Waals surface area contributed by atoms with E-state index in [1.54, 1.807) is 29.2 Å². The van der Waals surface area contributed by atoms with Gasteiger partial charge in [-0.05, 0) is 32.4 Å². The van der Waals surface area contributed by atoms with E-state index in [2.05, 4.69) is 9.97 Å². The second kappa shape index (κ2) is 6.07. The number of carboxylic acids is 1. The maximum atomic E-state index is 12.6. The molecule has 1 fully saturated rings. The van der Waals surface area contributed by atoms with Crippen LogP contribution in [0.4, 0.5) is 0 Å². The van der Waals surface area contributed by atoms with E-state index in [4.69, 9.17) is 5.11 Å². The molecule has 0 radical (unpaired) electrons. The first-order valence-electron chi connectivity index (χ1n) is 7.89. The van der Waals surface area contributed by atoms with E-state index in [1.807, 2.05) is 13.8 Å². The Labute approximate surface area is 138 Å². The number of aromatic amines is 1. The van der Waals surface area contributed by atoms with Gasteiger partial charge in [-0.2, -0.15) is 0 Å². The van der Waals surface area contributed by atoms with Crippen molar-refractivity contribution in [1.82, 2.24) is 14.9 Å². The van der Waals surface area contributed by atoms with Gasteiger partial charge in [0.2, 0.25) is 5.91 Å². The van der Waals surface area contributed by atoms with E-state index >= 15 is 0 Å². The number of benzene rings is 1. The second-order valence-electron chi connectivity index (χ2n) is 6.38. The number of aromatic nitrogens is 2. The van der Waals surface area contributed by atoms with Gasteiger partial charge in [0.25, 0.3) is 5.56 Å². The van der Waals surface area contributed by atoms with Crippen molar-refractivity contribution >= 4 is 22.8 Å². The third-order valence-corrected chi connectivity index (χ3v) is 4.31. The lowest BCUT2D eigenvalue weighted by molar-refractivity contribution is -0.142. The predicted molar refractivity (Wildman–Crippen MR) is 87.3 cm³/mol. The quantitative estimate of drug-likeness (QED) is 0.862. The van der Waals surface area contributed by atoms with Crippen molar-refractivity contribution < 1.29 is 14.7 Å². The zero-order chi connectivity index (χ0) is 17.4. The van der Waals surface area contributed by atoms with Gasteiger partial charge in [-0.3, -0.25) is 14.4 Å². The van der Waals surface area contributed by atoms with E-state index in [9.17, 15) is 14.4 Å². The number of nitrogens with one attached hydrogen (secondary N) is 1. The zero-order valence-corrected chi connectivity index (χ0v) is 13.5. The van der Waals surface area contributed by atoms with Crippen LogP contribution in [0.3, 0.4) is 0 Å². The first-order valence-corrected chi connectivity index (χ1v) is 7.89. The van der Waals surface area contributed by atoms with Gasteiger partial charge in [0, 0.05) is 6.04 Å². The minimum Gasteiger partial charge on any atom is -0.481 e. The number of aliphatic carboxylic acids is 1. The smallest absolute Gasteiger partial charge is 0.307 e. The van der Waals surface area contributed by atoms with Crippen LogP contribution >= 0.6 is 0 Å². The molecule has 7 nitrogen and oxygen atoms in total. The van der Waals surface area contributed by atoms with Crippen LogP contribution < -0.4 is 5.56 Å². The fourth-order valence-electron chi connectivity index (χ4n) is 2.84. The van der Waals surface area contributed by atoms with Crippen LogP contribution in [0.15, 0.2) is 29.1 Å². The van der Waals surface area contributed by atoms with Crippen molar-refractivity contribution in [2.45, 2.75) is 32.9 Å². The summed E-state index contributed by atoms with van der Waals surface area (Å²) < 4.78 is 0. The first kappa shape index (κ1) is 16.2. The van der Waals surface area contributed by atoms with Crippen molar-refractivity contribution in [3.63, 3.8) is 0 Å². The molecule has 1 aromatic heterocycles. The Balaban J connectivity index is 1.85. The SMILES string of the molecule is CC(C)N(Cc1nc2ccccc2c(=O)[nH]1)C(=O)[C@@H]1C[C@H]1C(=O)O. The molecule has 0 aliphatic heterocycles. The predicted octanol–water partition coefficient (Wildman–Crippen LogP) is 1.38. The summed E-state index contributed by atoms with van der Waals surface area (Å²) in [5.74, 6) is -1.81. The molecule has 7 heteroatoms. The van der Waals surface area contributed by atoms with E-state index < -0.39 is 17.8 Å². The van der Waals surface area contributed by atoms with Crippen LogP contribution in [-0.2, 0) is 16.1 Å². The molecule has 1 amide bonds. The standard InChI is InChI=1S/C17H19N3O4/c1-9(2)20(16(22)11-7-12(11)17(23)24)8-14-18-13-6-4-3-5-10(13)15(21)19-14/h3-6,9,11-12H,7-8H2,1-2H3,(H,23,24)(H,18,19,21)/t11-,12-/m1/s1. The van der Waals surface area contributed by atoms with Gasteiger partial charge < -0.3 is 15.0 Å². The highest BCUT2D eigenvalue weighted by atomic mass is 16.4. The Morgan fingerprint density at radius 3 is 2.67 bits per heavy atom. The molecule has 2 N–H and O–H groups in total. The summed E-state index contributed by atoms with van der Waals surface area (Å²) in [5, 5.41) is 9.50.